The average molecular weight is 361 g/mol. The molecule has 1 aliphatic rings. The third-order valence-corrected chi connectivity index (χ3v) is 6.17. The normalized spacial score (nSPS) is 18.9. The van der Waals surface area contributed by atoms with Gasteiger partial charge in [-0.3, -0.25) is 4.79 Å². The van der Waals surface area contributed by atoms with Crippen molar-refractivity contribution in [3.8, 4) is 0 Å². The van der Waals surface area contributed by atoms with Gasteiger partial charge in [0, 0.05) is 18.2 Å². The van der Waals surface area contributed by atoms with Crippen molar-refractivity contribution in [1.82, 2.24) is 4.90 Å². The Morgan fingerprint density at radius 1 is 1.20 bits per heavy atom. The Hall–Kier alpha value is -2.21. The van der Waals surface area contributed by atoms with Crippen molar-refractivity contribution in [3.63, 3.8) is 0 Å². The van der Waals surface area contributed by atoms with Crippen molar-refractivity contribution in [2.75, 3.05) is 11.5 Å². The number of carbonyl (C=O) groups is 1. The quantitative estimate of drug-likeness (QED) is 0.841. The first-order valence-electron chi connectivity index (χ1n) is 8.16. The van der Waals surface area contributed by atoms with E-state index in [1.54, 1.807) is 35.2 Å². The van der Waals surface area contributed by atoms with Crippen LogP contribution in [0.1, 0.15) is 27.9 Å². The third-order valence-electron chi connectivity index (χ3n) is 4.42. The molecule has 0 aliphatic carbocycles. The van der Waals surface area contributed by atoms with Crippen LogP contribution in [0.2, 0.25) is 0 Å². The van der Waals surface area contributed by atoms with Gasteiger partial charge in [-0.15, -0.1) is 0 Å². The van der Waals surface area contributed by atoms with E-state index in [2.05, 4.69) is 0 Å². The van der Waals surface area contributed by atoms with E-state index in [4.69, 9.17) is 0 Å². The van der Waals surface area contributed by atoms with Gasteiger partial charge in [0.15, 0.2) is 9.84 Å². The van der Waals surface area contributed by atoms with Crippen LogP contribution in [0.5, 0.6) is 0 Å². The number of hydrogen-bond donors (Lipinski definition) is 0. The van der Waals surface area contributed by atoms with Crippen LogP contribution >= 0.6 is 0 Å². The molecular weight excluding hydrogens is 341 g/mol. The highest BCUT2D eigenvalue weighted by atomic mass is 32.2. The van der Waals surface area contributed by atoms with Crippen LogP contribution in [-0.4, -0.2) is 36.8 Å². The summed E-state index contributed by atoms with van der Waals surface area (Å²) in [6.45, 7) is 2.08. The second-order valence-corrected chi connectivity index (χ2v) is 8.72. The summed E-state index contributed by atoms with van der Waals surface area (Å²) in [6, 6.07) is 12.9. The van der Waals surface area contributed by atoms with Gasteiger partial charge in [0.2, 0.25) is 0 Å². The lowest BCUT2D eigenvalue weighted by molar-refractivity contribution is 0.0680. The maximum absolute atomic E-state index is 13.5. The molecule has 0 unspecified atom stereocenters. The Labute approximate surface area is 147 Å². The number of nitrogens with zero attached hydrogens (tertiary/aromatic N) is 1. The van der Waals surface area contributed by atoms with Crippen molar-refractivity contribution in [2.45, 2.75) is 25.9 Å². The molecule has 1 heterocycles. The van der Waals surface area contributed by atoms with E-state index < -0.39 is 9.84 Å². The van der Waals surface area contributed by atoms with Crippen molar-refractivity contribution < 1.29 is 17.6 Å². The number of carbonyl (C=O) groups excluding carboxylic acids is 1. The van der Waals surface area contributed by atoms with Crippen LogP contribution in [0.4, 0.5) is 4.39 Å². The minimum absolute atomic E-state index is 0.0418. The summed E-state index contributed by atoms with van der Waals surface area (Å²) < 4.78 is 37.2. The highest BCUT2D eigenvalue weighted by Crippen LogP contribution is 2.23. The van der Waals surface area contributed by atoms with E-state index in [-0.39, 0.29) is 35.8 Å². The number of hydrogen-bond acceptors (Lipinski definition) is 3. The summed E-state index contributed by atoms with van der Waals surface area (Å²) in [5, 5.41) is 0. The Kier molecular flexibility index (Phi) is 4.90. The fourth-order valence-corrected chi connectivity index (χ4v) is 4.89. The Morgan fingerprint density at radius 2 is 1.96 bits per heavy atom. The molecule has 1 saturated heterocycles. The van der Waals surface area contributed by atoms with Crippen molar-refractivity contribution in [1.29, 1.82) is 0 Å². The van der Waals surface area contributed by atoms with E-state index in [0.717, 1.165) is 5.56 Å². The minimum atomic E-state index is -3.13. The highest BCUT2D eigenvalue weighted by molar-refractivity contribution is 7.91. The summed E-state index contributed by atoms with van der Waals surface area (Å²) in [5.74, 6) is -0.562. The Morgan fingerprint density at radius 3 is 2.60 bits per heavy atom. The van der Waals surface area contributed by atoms with Gasteiger partial charge in [0.25, 0.3) is 5.91 Å². The van der Waals surface area contributed by atoms with Crippen LogP contribution in [-0.2, 0) is 16.4 Å². The smallest absolute Gasteiger partial charge is 0.254 e. The molecule has 0 spiro atoms. The maximum atomic E-state index is 13.5. The summed E-state index contributed by atoms with van der Waals surface area (Å²) in [5.41, 5.74) is 2.11. The molecule has 0 aromatic heterocycles. The summed E-state index contributed by atoms with van der Waals surface area (Å²) in [4.78, 5) is 14.6. The lowest BCUT2D eigenvalue weighted by Crippen LogP contribution is -2.40. The lowest BCUT2D eigenvalue weighted by Gasteiger charge is -2.28. The van der Waals surface area contributed by atoms with Gasteiger partial charge in [-0.05, 0) is 43.2 Å². The first kappa shape index (κ1) is 17.6. The van der Waals surface area contributed by atoms with Gasteiger partial charge in [-0.25, -0.2) is 12.8 Å². The molecule has 0 radical (unpaired) electrons. The van der Waals surface area contributed by atoms with Gasteiger partial charge in [-0.1, -0.05) is 29.8 Å². The maximum Gasteiger partial charge on any atom is 0.254 e. The van der Waals surface area contributed by atoms with Gasteiger partial charge >= 0.3 is 0 Å². The van der Waals surface area contributed by atoms with Crippen LogP contribution in [0.15, 0.2) is 48.5 Å². The Balaban J connectivity index is 1.92. The monoisotopic (exact) mass is 361 g/mol. The average Bonchev–Trinajstić information content (AvgIpc) is 2.92. The van der Waals surface area contributed by atoms with Gasteiger partial charge in [-0.2, -0.15) is 0 Å². The predicted octanol–water partition coefficient (Wildman–Crippen LogP) is 2.96. The number of amides is 1. The predicted molar refractivity (Wildman–Crippen MR) is 94.5 cm³/mol. The van der Waals surface area contributed by atoms with Crippen LogP contribution in [0, 0.1) is 12.7 Å². The topological polar surface area (TPSA) is 54.5 Å². The molecule has 1 atom stereocenters. The fourth-order valence-electron chi connectivity index (χ4n) is 3.16. The van der Waals surface area contributed by atoms with Gasteiger partial charge < -0.3 is 4.90 Å². The first-order chi connectivity index (χ1) is 11.8. The third kappa shape index (κ3) is 4.25. The summed E-state index contributed by atoms with van der Waals surface area (Å²) in [6.07, 6.45) is 0.412. The number of sulfone groups is 1. The van der Waals surface area contributed by atoms with E-state index in [1.807, 2.05) is 13.0 Å². The molecular formula is C19H20FNO3S. The largest absolute Gasteiger partial charge is 0.330 e. The van der Waals surface area contributed by atoms with Crippen LogP contribution < -0.4 is 0 Å². The second kappa shape index (κ2) is 6.96. The summed E-state index contributed by atoms with van der Waals surface area (Å²) in [7, 11) is -3.13. The van der Waals surface area contributed by atoms with E-state index in [1.165, 1.54) is 12.1 Å². The molecule has 3 rings (SSSR count). The van der Waals surface area contributed by atoms with E-state index >= 15 is 0 Å². The van der Waals surface area contributed by atoms with E-state index in [0.29, 0.717) is 17.5 Å². The van der Waals surface area contributed by atoms with Crippen molar-refractivity contribution in [3.05, 3.63) is 71.0 Å². The highest BCUT2D eigenvalue weighted by Gasteiger charge is 2.35. The fraction of sp³-hybridized carbons (Fsp3) is 0.316. The molecule has 0 bridgehead atoms. The molecule has 1 amide bonds. The van der Waals surface area contributed by atoms with Crippen LogP contribution in [0.25, 0.3) is 0 Å². The number of aryl methyl sites for hydroxylation is 1. The molecule has 132 valence electrons. The van der Waals surface area contributed by atoms with Crippen LogP contribution in [0.3, 0.4) is 0 Å². The molecule has 4 nitrogen and oxygen atoms in total. The molecule has 1 aliphatic heterocycles. The first-order valence-corrected chi connectivity index (χ1v) is 9.99. The zero-order valence-corrected chi connectivity index (χ0v) is 14.8. The standard InChI is InChI=1S/C19H20FNO3S/c1-14-4-2-6-16(10-14)19(22)21(18-8-9-25(23,24)13-18)12-15-5-3-7-17(20)11-15/h2-7,10-11,18H,8-9,12-13H2,1H3/t18-/m1/s1. The minimum Gasteiger partial charge on any atom is -0.330 e. The lowest BCUT2D eigenvalue weighted by atomic mass is 10.1. The molecule has 6 heteroatoms. The van der Waals surface area contributed by atoms with Crippen molar-refractivity contribution in [2.24, 2.45) is 0 Å². The molecule has 25 heavy (non-hydrogen) atoms. The molecule has 1 fully saturated rings. The summed E-state index contributed by atoms with van der Waals surface area (Å²) >= 11 is 0. The molecule has 0 saturated carbocycles. The molecule has 2 aromatic carbocycles. The van der Waals surface area contributed by atoms with Crippen molar-refractivity contribution >= 4 is 15.7 Å². The SMILES string of the molecule is Cc1cccc(C(=O)N(Cc2cccc(F)c2)[C@@H]2CCS(=O)(=O)C2)c1. The second-order valence-electron chi connectivity index (χ2n) is 6.49. The zero-order chi connectivity index (χ0) is 18.0. The van der Waals surface area contributed by atoms with Gasteiger partial charge in [0.05, 0.1) is 11.5 Å². The van der Waals surface area contributed by atoms with E-state index in [9.17, 15) is 17.6 Å². The molecule has 2 aromatic rings. The number of rotatable bonds is 4. The Bertz CT molecular complexity index is 895. The molecule has 0 N–H and O–H groups in total. The number of benzene rings is 2. The van der Waals surface area contributed by atoms with Gasteiger partial charge in [0.1, 0.15) is 5.82 Å². The number of halogens is 1. The zero-order valence-electron chi connectivity index (χ0n) is 14.0.